The minimum atomic E-state index is -0.913. The topological polar surface area (TPSA) is 83.6 Å². The van der Waals surface area contributed by atoms with Gasteiger partial charge in [0.2, 0.25) is 5.91 Å². The Morgan fingerprint density at radius 2 is 1.95 bits per heavy atom. The van der Waals surface area contributed by atoms with E-state index in [2.05, 4.69) is 5.16 Å². The van der Waals surface area contributed by atoms with Crippen molar-refractivity contribution in [1.82, 2.24) is 10.1 Å². The summed E-state index contributed by atoms with van der Waals surface area (Å²) in [6.07, 6.45) is 4.59. The van der Waals surface area contributed by atoms with Gasteiger partial charge in [-0.2, -0.15) is 0 Å². The molecule has 0 fully saturated rings. The molecule has 1 aliphatic rings. The largest absolute Gasteiger partial charge is 0.481 e. The van der Waals surface area contributed by atoms with Crippen LogP contribution in [-0.2, 0) is 16.1 Å². The number of hydrogen-bond donors (Lipinski definition) is 1. The third kappa shape index (κ3) is 3.15. The molecule has 1 amide bonds. The van der Waals surface area contributed by atoms with Crippen LogP contribution in [0.1, 0.15) is 29.9 Å². The first-order valence-corrected chi connectivity index (χ1v) is 6.96. The standard InChI is InChI=1S/C15H20N2O4/c1-9-13(10(2)21-16-9)8-17(3)14(18)11-6-4-5-7-12(11)15(19)20/h4-5,11-12H,6-8H2,1-3H3,(H,19,20)/t11-,12+/m1/s1. The lowest BCUT2D eigenvalue weighted by Gasteiger charge is -2.28. The first kappa shape index (κ1) is 15.3. The van der Waals surface area contributed by atoms with Crippen LogP contribution in [0.4, 0.5) is 0 Å². The molecule has 0 aliphatic heterocycles. The molecule has 1 heterocycles. The zero-order chi connectivity index (χ0) is 15.6. The molecule has 2 rings (SSSR count). The zero-order valence-corrected chi connectivity index (χ0v) is 12.5. The number of aromatic nitrogens is 1. The zero-order valence-electron chi connectivity index (χ0n) is 12.5. The number of aliphatic carboxylic acids is 1. The van der Waals surface area contributed by atoms with E-state index in [9.17, 15) is 14.7 Å². The van der Waals surface area contributed by atoms with E-state index in [4.69, 9.17) is 4.52 Å². The van der Waals surface area contributed by atoms with Crippen molar-refractivity contribution in [2.45, 2.75) is 33.2 Å². The summed E-state index contributed by atoms with van der Waals surface area (Å²) in [5.74, 6) is -1.52. The number of carbonyl (C=O) groups is 2. The quantitative estimate of drug-likeness (QED) is 0.857. The predicted molar refractivity (Wildman–Crippen MR) is 75.4 cm³/mol. The van der Waals surface area contributed by atoms with Crippen LogP contribution >= 0.6 is 0 Å². The number of amides is 1. The molecule has 114 valence electrons. The van der Waals surface area contributed by atoms with E-state index in [1.807, 2.05) is 19.1 Å². The molecule has 0 bridgehead atoms. The van der Waals surface area contributed by atoms with E-state index in [1.54, 1.807) is 18.9 Å². The maximum absolute atomic E-state index is 12.5. The summed E-state index contributed by atoms with van der Waals surface area (Å²) in [5, 5.41) is 13.1. The van der Waals surface area contributed by atoms with Gasteiger partial charge in [0, 0.05) is 12.6 Å². The number of aryl methyl sites for hydroxylation is 2. The molecule has 0 unspecified atom stereocenters. The molecule has 6 heteroatoms. The summed E-state index contributed by atoms with van der Waals surface area (Å²) in [6.45, 7) is 4.01. The molecule has 1 aromatic heterocycles. The monoisotopic (exact) mass is 292 g/mol. The molecule has 0 radical (unpaired) electrons. The molecular formula is C15H20N2O4. The highest BCUT2D eigenvalue weighted by Gasteiger charge is 2.35. The number of hydrogen-bond acceptors (Lipinski definition) is 4. The van der Waals surface area contributed by atoms with Crippen molar-refractivity contribution >= 4 is 11.9 Å². The lowest BCUT2D eigenvalue weighted by molar-refractivity contribution is -0.150. The molecule has 1 N–H and O–H groups in total. The van der Waals surface area contributed by atoms with Crippen molar-refractivity contribution in [3.8, 4) is 0 Å². The molecule has 0 spiro atoms. The van der Waals surface area contributed by atoms with Gasteiger partial charge in [0.15, 0.2) is 0 Å². The Bertz CT molecular complexity index is 557. The molecule has 1 aliphatic carbocycles. The highest BCUT2D eigenvalue weighted by Crippen LogP contribution is 2.28. The molecule has 1 aromatic rings. The van der Waals surface area contributed by atoms with E-state index in [0.717, 1.165) is 11.3 Å². The first-order chi connectivity index (χ1) is 9.91. The van der Waals surface area contributed by atoms with E-state index in [0.29, 0.717) is 25.1 Å². The minimum absolute atomic E-state index is 0.147. The van der Waals surface area contributed by atoms with Gasteiger partial charge in [-0.05, 0) is 26.7 Å². The van der Waals surface area contributed by atoms with Crippen molar-refractivity contribution < 1.29 is 19.2 Å². The summed E-state index contributed by atoms with van der Waals surface area (Å²) < 4.78 is 5.09. The fraction of sp³-hybridized carbons (Fsp3) is 0.533. The summed E-state index contributed by atoms with van der Waals surface area (Å²) >= 11 is 0. The Morgan fingerprint density at radius 3 is 2.48 bits per heavy atom. The molecule has 0 saturated heterocycles. The Kier molecular flexibility index (Phi) is 4.45. The average molecular weight is 292 g/mol. The third-order valence-electron chi connectivity index (χ3n) is 4.02. The Hall–Kier alpha value is -2.11. The van der Waals surface area contributed by atoms with Crippen LogP contribution in [0.25, 0.3) is 0 Å². The number of rotatable bonds is 4. The van der Waals surface area contributed by atoms with Gasteiger partial charge < -0.3 is 14.5 Å². The summed E-state index contributed by atoms with van der Waals surface area (Å²) in [5.41, 5.74) is 1.63. The van der Waals surface area contributed by atoms with Crippen LogP contribution in [0.2, 0.25) is 0 Å². The number of allylic oxidation sites excluding steroid dienone is 2. The van der Waals surface area contributed by atoms with Gasteiger partial charge >= 0.3 is 5.97 Å². The predicted octanol–water partition coefficient (Wildman–Crippen LogP) is 1.92. The van der Waals surface area contributed by atoms with Gasteiger partial charge in [-0.1, -0.05) is 17.3 Å². The molecule has 0 saturated carbocycles. The average Bonchev–Trinajstić information content (AvgIpc) is 2.78. The van der Waals surface area contributed by atoms with Gasteiger partial charge in [-0.3, -0.25) is 9.59 Å². The van der Waals surface area contributed by atoms with Gasteiger partial charge in [0.1, 0.15) is 5.76 Å². The Morgan fingerprint density at radius 1 is 1.33 bits per heavy atom. The van der Waals surface area contributed by atoms with Crippen LogP contribution in [0.3, 0.4) is 0 Å². The van der Waals surface area contributed by atoms with Crippen LogP contribution in [0.5, 0.6) is 0 Å². The van der Waals surface area contributed by atoms with Gasteiger partial charge in [0.05, 0.1) is 24.1 Å². The second-order valence-electron chi connectivity index (χ2n) is 5.49. The van der Waals surface area contributed by atoms with Crippen molar-refractivity contribution in [2.75, 3.05) is 7.05 Å². The van der Waals surface area contributed by atoms with E-state index >= 15 is 0 Å². The van der Waals surface area contributed by atoms with E-state index in [1.165, 1.54) is 0 Å². The fourth-order valence-corrected chi connectivity index (χ4v) is 2.69. The molecule has 2 atom stereocenters. The first-order valence-electron chi connectivity index (χ1n) is 6.96. The van der Waals surface area contributed by atoms with Crippen LogP contribution in [-0.4, -0.2) is 34.1 Å². The van der Waals surface area contributed by atoms with Crippen molar-refractivity contribution in [2.24, 2.45) is 11.8 Å². The number of carbonyl (C=O) groups excluding carboxylic acids is 1. The number of carboxylic acid groups (broad SMARTS) is 1. The molecule has 0 aromatic carbocycles. The number of carboxylic acids is 1. The normalized spacial score (nSPS) is 21.3. The molecule has 6 nitrogen and oxygen atoms in total. The van der Waals surface area contributed by atoms with Crippen molar-refractivity contribution in [3.05, 3.63) is 29.2 Å². The Labute approximate surface area is 123 Å². The van der Waals surface area contributed by atoms with Gasteiger partial charge in [-0.15, -0.1) is 0 Å². The SMILES string of the molecule is Cc1noc(C)c1CN(C)C(=O)[C@@H]1CC=CC[C@@H]1C(=O)O. The fourth-order valence-electron chi connectivity index (χ4n) is 2.69. The van der Waals surface area contributed by atoms with Crippen molar-refractivity contribution in [3.63, 3.8) is 0 Å². The molecule has 21 heavy (non-hydrogen) atoms. The lowest BCUT2D eigenvalue weighted by Crippen LogP contribution is -2.39. The smallest absolute Gasteiger partial charge is 0.307 e. The lowest BCUT2D eigenvalue weighted by atomic mass is 9.82. The maximum Gasteiger partial charge on any atom is 0.307 e. The van der Waals surface area contributed by atoms with Crippen molar-refractivity contribution in [1.29, 1.82) is 0 Å². The van der Waals surface area contributed by atoms with Gasteiger partial charge in [0.25, 0.3) is 0 Å². The molecular weight excluding hydrogens is 272 g/mol. The second-order valence-corrected chi connectivity index (χ2v) is 5.49. The minimum Gasteiger partial charge on any atom is -0.481 e. The summed E-state index contributed by atoms with van der Waals surface area (Å²) in [6, 6.07) is 0. The van der Waals surface area contributed by atoms with E-state index < -0.39 is 17.8 Å². The highest BCUT2D eigenvalue weighted by molar-refractivity contribution is 5.85. The summed E-state index contributed by atoms with van der Waals surface area (Å²) in [7, 11) is 1.69. The van der Waals surface area contributed by atoms with Crippen LogP contribution in [0, 0.1) is 25.7 Å². The van der Waals surface area contributed by atoms with Crippen LogP contribution < -0.4 is 0 Å². The van der Waals surface area contributed by atoms with Crippen LogP contribution in [0.15, 0.2) is 16.7 Å². The Balaban J connectivity index is 2.11. The maximum atomic E-state index is 12.5. The number of nitrogens with zero attached hydrogens (tertiary/aromatic N) is 2. The second kappa shape index (κ2) is 6.11. The highest BCUT2D eigenvalue weighted by atomic mass is 16.5. The summed E-state index contributed by atoms with van der Waals surface area (Å²) in [4.78, 5) is 25.4. The third-order valence-corrected chi connectivity index (χ3v) is 4.02. The van der Waals surface area contributed by atoms with E-state index in [-0.39, 0.29) is 5.91 Å². The van der Waals surface area contributed by atoms with Gasteiger partial charge in [-0.25, -0.2) is 0 Å².